The van der Waals surface area contributed by atoms with E-state index >= 15 is 0 Å². The highest BCUT2D eigenvalue weighted by molar-refractivity contribution is 5.68. The summed E-state index contributed by atoms with van der Waals surface area (Å²) >= 11 is 0. The molecule has 0 atom stereocenters. The van der Waals surface area contributed by atoms with Crippen LogP contribution in [0.5, 0.6) is 0 Å². The molecule has 16 heavy (non-hydrogen) atoms. The summed E-state index contributed by atoms with van der Waals surface area (Å²) in [6.45, 7) is 4.07. The summed E-state index contributed by atoms with van der Waals surface area (Å²) in [5, 5.41) is 3.85. The molecule has 0 aliphatic rings. The van der Waals surface area contributed by atoms with Crippen molar-refractivity contribution in [1.82, 2.24) is 9.78 Å². The average molecular weight is 224 g/mol. The van der Waals surface area contributed by atoms with Crippen LogP contribution < -0.4 is 5.56 Å². The topological polar surface area (TPSA) is 61.2 Å². The molecule has 5 heteroatoms. The molecule has 0 saturated carbocycles. The summed E-state index contributed by atoms with van der Waals surface area (Å²) in [7, 11) is 0. The van der Waals surface area contributed by atoms with Gasteiger partial charge in [0.1, 0.15) is 6.54 Å². The first kappa shape index (κ1) is 12.4. The summed E-state index contributed by atoms with van der Waals surface area (Å²) in [6, 6.07) is 1.44. The van der Waals surface area contributed by atoms with E-state index in [0.29, 0.717) is 6.61 Å². The Hall–Kier alpha value is -1.65. The lowest BCUT2D eigenvalue weighted by molar-refractivity contribution is -0.144. The van der Waals surface area contributed by atoms with Gasteiger partial charge in [-0.25, -0.2) is 4.68 Å². The number of unbranched alkanes of at least 4 members (excludes halogenated alkanes) is 1. The van der Waals surface area contributed by atoms with Crippen LogP contribution in [0.2, 0.25) is 0 Å². The van der Waals surface area contributed by atoms with Crippen LogP contribution in [0, 0.1) is 6.92 Å². The van der Waals surface area contributed by atoms with Gasteiger partial charge < -0.3 is 4.74 Å². The molecule has 0 aliphatic carbocycles. The smallest absolute Gasteiger partial charge is 0.327 e. The van der Waals surface area contributed by atoms with Gasteiger partial charge in [0.15, 0.2) is 0 Å². The van der Waals surface area contributed by atoms with Crippen molar-refractivity contribution in [2.24, 2.45) is 0 Å². The normalized spacial score (nSPS) is 10.1. The van der Waals surface area contributed by atoms with Gasteiger partial charge >= 0.3 is 5.97 Å². The van der Waals surface area contributed by atoms with Crippen molar-refractivity contribution >= 4 is 5.97 Å². The van der Waals surface area contributed by atoms with E-state index in [0.717, 1.165) is 23.1 Å². The first-order valence-electron chi connectivity index (χ1n) is 5.33. The number of aryl methyl sites for hydroxylation is 1. The lowest BCUT2D eigenvalue weighted by atomic mass is 10.3. The highest BCUT2D eigenvalue weighted by atomic mass is 16.5. The molecular weight excluding hydrogens is 208 g/mol. The number of carbonyl (C=O) groups excluding carboxylic acids is 1. The van der Waals surface area contributed by atoms with Gasteiger partial charge in [0.25, 0.3) is 5.56 Å². The van der Waals surface area contributed by atoms with E-state index in [4.69, 9.17) is 4.74 Å². The number of aromatic nitrogens is 2. The molecule has 0 fully saturated rings. The van der Waals surface area contributed by atoms with Gasteiger partial charge in [-0.2, -0.15) is 5.10 Å². The Balaban J connectivity index is 2.53. The van der Waals surface area contributed by atoms with Crippen LogP contribution in [-0.2, 0) is 16.1 Å². The fraction of sp³-hybridized carbons (Fsp3) is 0.545. The van der Waals surface area contributed by atoms with Crippen molar-refractivity contribution in [3.8, 4) is 0 Å². The molecule has 5 nitrogen and oxygen atoms in total. The number of hydrogen-bond donors (Lipinski definition) is 0. The van der Waals surface area contributed by atoms with Crippen molar-refractivity contribution < 1.29 is 9.53 Å². The number of ether oxygens (including phenoxy) is 1. The molecule has 0 saturated heterocycles. The fourth-order valence-electron chi connectivity index (χ4n) is 1.14. The zero-order valence-corrected chi connectivity index (χ0v) is 9.60. The van der Waals surface area contributed by atoms with E-state index in [1.807, 2.05) is 6.92 Å². The molecule has 1 aromatic rings. The Morgan fingerprint density at radius 2 is 2.31 bits per heavy atom. The molecule has 0 aromatic carbocycles. The first-order chi connectivity index (χ1) is 7.63. The second-order valence-electron chi connectivity index (χ2n) is 3.60. The molecule has 0 unspecified atom stereocenters. The minimum atomic E-state index is -0.424. The highest BCUT2D eigenvalue weighted by Gasteiger charge is 2.06. The molecule has 1 heterocycles. The van der Waals surface area contributed by atoms with Gasteiger partial charge in [-0.15, -0.1) is 0 Å². The first-order valence-corrected chi connectivity index (χ1v) is 5.33. The zero-order valence-electron chi connectivity index (χ0n) is 9.60. The summed E-state index contributed by atoms with van der Waals surface area (Å²) in [4.78, 5) is 22.7. The molecule has 1 aromatic heterocycles. The quantitative estimate of drug-likeness (QED) is 0.550. The van der Waals surface area contributed by atoms with E-state index < -0.39 is 5.97 Å². The van der Waals surface area contributed by atoms with Crippen LogP contribution in [-0.4, -0.2) is 22.4 Å². The van der Waals surface area contributed by atoms with Crippen molar-refractivity contribution in [3.63, 3.8) is 0 Å². The molecule has 0 bridgehead atoms. The second kappa shape index (κ2) is 6.05. The molecule has 0 N–H and O–H groups in total. The minimum absolute atomic E-state index is 0.122. The van der Waals surface area contributed by atoms with Crippen LogP contribution in [0.1, 0.15) is 25.3 Å². The monoisotopic (exact) mass is 224 g/mol. The van der Waals surface area contributed by atoms with Crippen molar-refractivity contribution in [2.75, 3.05) is 6.61 Å². The van der Waals surface area contributed by atoms with E-state index in [-0.39, 0.29) is 12.1 Å². The summed E-state index contributed by atoms with van der Waals surface area (Å²) in [5.74, 6) is -0.424. The number of rotatable bonds is 5. The van der Waals surface area contributed by atoms with Crippen molar-refractivity contribution in [2.45, 2.75) is 33.2 Å². The third-order valence-electron chi connectivity index (χ3n) is 2.05. The highest BCUT2D eigenvalue weighted by Crippen LogP contribution is 1.91. The lowest BCUT2D eigenvalue weighted by Gasteiger charge is -2.05. The van der Waals surface area contributed by atoms with Gasteiger partial charge in [-0.1, -0.05) is 13.3 Å². The molecule has 1 rings (SSSR count). The Bertz CT molecular complexity index is 412. The van der Waals surface area contributed by atoms with E-state index in [2.05, 4.69) is 5.10 Å². The lowest BCUT2D eigenvalue weighted by Crippen LogP contribution is -2.27. The summed E-state index contributed by atoms with van der Waals surface area (Å²) in [5.41, 5.74) is 0.494. The van der Waals surface area contributed by atoms with E-state index in [9.17, 15) is 9.59 Å². The Morgan fingerprint density at radius 3 is 2.94 bits per heavy atom. The average Bonchev–Trinajstić information content (AvgIpc) is 2.23. The standard InChI is InChI=1S/C11H16N2O3/c1-3-4-5-16-11(15)8-13-10(14)6-9(2)7-12-13/h6-7H,3-5,8H2,1-2H3. The van der Waals surface area contributed by atoms with Crippen LogP contribution in [0.25, 0.3) is 0 Å². The second-order valence-corrected chi connectivity index (χ2v) is 3.60. The number of esters is 1. The Kier molecular flexibility index (Phi) is 4.69. The maximum atomic E-state index is 11.4. The maximum absolute atomic E-state index is 11.4. The van der Waals surface area contributed by atoms with Gasteiger partial charge in [-0.05, 0) is 18.9 Å². The van der Waals surface area contributed by atoms with Gasteiger partial charge in [0, 0.05) is 6.07 Å². The molecule has 0 amide bonds. The van der Waals surface area contributed by atoms with Gasteiger partial charge in [0.2, 0.25) is 0 Å². The number of carbonyl (C=O) groups is 1. The molecule has 0 aliphatic heterocycles. The minimum Gasteiger partial charge on any atom is -0.464 e. The molecule has 0 radical (unpaired) electrons. The Labute approximate surface area is 94.0 Å². The molecule has 0 spiro atoms. The van der Waals surface area contributed by atoms with E-state index in [1.165, 1.54) is 6.07 Å². The zero-order chi connectivity index (χ0) is 12.0. The molecular formula is C11H16N2O3. The predicted molar refractivity (Wildman–Crippen MR) is 59.1 cm³/mol. The van der Waals surface area contributed by atoms with Gasteiger partial charge in [0.05, 0.1) is 12.8 Å². The van der Waals surface area contributed by atoms with Crippen molar-refractivity contribution in [1.29, 1.82) is 0 Å². The molecule has 88 valence electrons. The maximum Gasteiger partial charge on any atom is 0.327 e. The van der Waals surface area contributed by atoms with Crippen molar-refractivity contribution in [3.05, 3.63) is 28.2 Å². The van der Waals surface area contributed by atoms with E-state index in [1.54, 1.807) is 13.1 Å². The van der Waals surface area contributed by atoms with Crippen LogP contribution in [0.4, 0.5) is 0 Å². The third-order valence-corrected chi connectivity index (χ3v) is 2.05. The summed E-state index contributed by atoms with van der Waals surface area (Å²) < 4.78 is 6.03. The number of hydrogen-bond acceptors (Lipinski definition) is 4. The Morgan fingerprint density at radius 1 is 1.56 bits per heavy atom. The van der Waals surface area contributed by atoms with Crippen LogP contribution >= 0.6 is 0 Å². The van der Waals surface area contributed by atoms with Crippen LogP contribution in [0.15, 0.2) is 17.1 Å². The number of nitrogens with zero attached hydrogens (tertiary/aromatic N) is 2. The predicted octanol–water partition coefficient (Wildman–Crippen LogP) is 0.895. The SMILES string of the molecule is CCCCOC(=O)Cn1ncc(C)cc1=O. The van der Waals surface area contributed by atoms with Crippen LogP contribution in [0.3, 0.4) is 0 Å². The summed E-state index contributed by atoms with van der Waals surface area (Å²) in [6.07, 6.45) is 3.35. The van der Waals surface area contributed by atoms with Gasteiger partial charge in [-0.3, -0.25) is 9.59 Å². The fourth-order valence-corrected chi connectivity index (χ4v) is 1.14. The largest absolute Gasteiger partial charge is 0.464 e. The third kappa shape index (κ3) is 3.84.